The smallest absolute Gasteiger partial charge is 0.258 e. The van der Waals surface area contributed by atoms with E-state index < -0.39 is 4.92 Å². The highest BCUT2D eigenvalue weighted by molar-refractivity contribution is 6.36. The Balaban J connectivity index is 2.91. The summed E-state index contributed by atoms with van der Waals surface area (Å²) in [5, 5.41) is 12.4. The van der Waals surface area contributed by atoms with Gasteiger partial charge in [0.25, 0.3) is 5.69 Å². The Morgan fingerprint density at radius 3 is 2.43 bits per heavy atom. The maximum absolute atomic E-state index is 10.7. The molecule has 3 nitrogen and oxygen atoms in total. The summed E-state index contributed by atoms with van der Waals surface area (Å²) < 4.78 is 0. The van der Waals surface area contributed by atoms with Crippen LogP contribution in [0.5, 0.6) is 0 Å². The maximum atomic E-state index is 10.7. The van der Waals surface area contributed by atoms with Crippen molar-refractivity contribution in [3.8, 4) is 0 Å². The van der Waals surface area contributed by atoms with Gasteiger partial charge in [-0.05, 0) is 11.5 Å². The van der Waals surface area contributed by atoms with Crippen LogP contribution < -0.4 is 0 Å². The Morgan fingerprint density at radius 2 is 1.79 bits per heavy atom. The molecule has 0 aliphatic heterocycles. The molecule has 4 heteroatoms. The summed E-state index contributed by atoms with van der Waals surface area (Å²) in [7, 11) is 0. The first-order chi connectivity index (χ1) is 6.70. The molecule has 0 aliphatic carbocycles. The molecule has 0 N–H and O–H groups in total. The van der Waals surface area contributed by atoms with Crippen LogP contribution in [0.15, 0.2) is 36.4 Å². The van der Waals surface area contributed by atoms with Crippen molar-refractivity contribution in [3.05, 3.63) is 51.5 Å². The van der Waals surface area contributed by atoms with E-state index in [4.69, 9.17) is 11.6 Å². The van der Waals surface area contributed by atoms with Gasteiger partial charge in [0.15, 0.2) is 0 Å². The third kappa shape index (κ3) is 1.32. The van der Waals surface area contributed by atoms with Crippen molar-refractivity contribution in [2.24, 2.45) is 0 Å². The highest BCUT2D eigenvalue weighted by Gasteiger charge is 2.13. The van der Waals surface area contributed by atoms with Gasteiger partial charge in [0.2, 0.25) is 0 Å². The molecule has 0 radical (unpaired) electrons. The molecule has 0 aromatic heterocycles. The molecular formula is C10H6ClNO2. The monoisotopic (exact) mass is 207 g/mol. The van der Waals surface area contributed by atoms with E-state index in [2.05, 4.69) is 0 Å². The molecule has 0 amide bonds. The van der Waals surface area contributed by atoms with E-state index in [1.54, 1.807) is 30.3 Å². The van der Waals surface area contributed by atoms with E-state index in [1.165, 1.54) is 6.07 Å². The molecule has 70 valence electrons. The summed E-state index contributed by atoms with van der Waals surface area (Å²) >= 11 is 5.90. The Morgan fingerprint density at radius 1 is 1.14 bits per heavy atom. The fraction of sp³-hybridized carbons (Fsp3) is 0. The molecule has 0 saturated heterocycles. The lowest BCUT2D eigenvalue weighted by atomic mass is 10.1. The van der Waals surface area contributed by atoms with Gasteiger partial charge in [-0.1, -0.05) is 35.9 Å². The van der Waals surface area contributed by atoms with Crippen LogP contribution in [0.3, 0.4) is 0 Å². The molecular weight excluding hydrogens is 202 g/mol. The van der Waals surface area contributed by atoms with Crippen LogP contribution in [0, 0.1) is 10.1 Å². The molecule has 2 aromatic carbocycles. The highest BCUT2D eigenvalue weighted by Crippen LogP contribution is 2.31. The van der Waals surface area contributed by atoms with Crippen molar-refractivity contribution < 1.29 is 4.92 Å². The minimum Gasteiger partial charge on any atom is -0.258 e. The molecule has 0 heterocycles. The summed E-state index contributed by atoms with van der Waals surface area (Å²) in [6, 6.07) is 10.1. The third-order valence-electron chi connectivity index (χ3n) is 2.03. The standard InChI is InChI=1S/C10H6ClNO2/c11-8-5-1-3-7-4-2-6-9(10(7)8)12(13)14/h1-6H. The molecule has 14 heavy (non-hydrogen) atoms. The number of fused-ring (bicyclic) bond motifs is 1. The molecule has 0 unspecified atom stereocenters. The zero-order chi connectivity index (χ0) is 10.1. The molecule has 0 atom stereocenters. The maximum Gasteiger partial charge on any atom is 0.278 e. The fourth-order valence-electron chi connectivity index (χ4n) is 1.43. The molecule has 0 aliphatic rings. The lowest BCUT2D eigenvalue weighted by molar-refractivity contribution is -0.383. The largest absolute Gasteiger partial charge is 0.278 e. The molecule has 0 saturated carbocycles. The summed E-state index contributed by atoms with van der Waals surface area (Å²) in [5.41, 5.74) is 0.0492. The summed E-state index contributed by atoms with van der Waals surface area (Å²) in [5.74, 6) is 0. The van der Waals surface area contributed by atoms with E-state index in [1.807, 2.05) is 0 Å². The fourth-order valence-corrected chi connectivity index (χ4v) is 1.71. The second-order valence-corrected chi connectivity index (χ2v) is 3.28. The number of nitro benzene ring substituents is 1. The van der Waals surface area contributed by atoms with Crippen LogP contribution >= 0.6 is 11.6 Å². The molecule has 2 rings (SSSR count). The van der Waals surface area contributed by atoms with Gasteiger partial charge < -0.3 is 0 Å². The van der Waals surface area contributed by atoms with Gasteiger partial charge in [0.05, 0.1) is 15.3 Å². The van der Waals surface area contributed by atoms with Gasteiger partial charge in [-0.15, -0.1) is 0 Å². The van der Waals surface area contributed by atoms with E-state index in [0.29, 0.717) is 10.4 Å². The summed E-state index contributed by atoms with van der Waals surface area (Å²) in [4.78, 5) is 10.3. The summed E-state index contributed by atoms with van der Waals surface area (Å²) in [6.45, 7) is 0. The predicted octanol–water partition coefficient (Wildman–Crippen LogP) is 3.40. The van der Waals surface area contributed by atoms with Crippen molar-refractivity contribution >= 4 is 28.1 Å². The quantitative estimate of drug-likeness (QED) is 0.531. The molecule has 0 fully saturated rings. The first kappa shape index (κ1) is 8.97. The normalized spacial score (nSPS) is 10.4. The first-order valence-electron chi connectivity index (χ1n) is 4.02. The van der Waals surface area contributed by atoms with E-state index in [9.17, 15) is 10.1 Å². The number of nitrogens with zero attached hydrogens (tertiary/aromatic N) is 1. The topological polar surface area (TPSA) is 43.1 Å². The van der Waals surface area contributed by atoms with Gasteiger partial charge in [-0.3, -0.25) is 10.1 Å². The van der Waals surface area contributed by atoms with Gasteiger partial charge in [0.1, 0.15) is 0 Å². The van der Waals surface area contributed by atoms with Crippen LogP contribution in [0.25, 0.3) is 10.8 Å². The minimum absolute atomic E-state index is 0.0492. The van der Waals surface area contributed by atoms with Crippen LogP contribution in [0.1, 0.15) is 0 Å². The van der Waals surface area contributed by atoms with Crippen molar-refractivity contribution in [2.75, 3.05) is 0 Å². The Hall–Kier alpha value is -1.61. The zero-order valence-electron chi connectivity index (χ0n) is 7.11. The van der Waals surface area contributed by atoms with E-state index in [0.717, 1.165) is 5.39 Å². The van der Waals surface area contributed by atoms with Gasteiger partial charge in [-0.25, -0.2) is 0 Å². The van der Waals surface area contributed by atoms with E-state index in [-0.39, 0.29) is 5.69 Å². The minimum atomic E-state index is -0.422. The van der Waals surface area contributed by atoms with Crippen molar-refractivity contribution in [2.45, 2.75) is 0 Å². The number of benzene rings is 2. The van der Waals surface area contributed by atoms with Crippen molar-refractivity contribution in [3.63, 3.8) is 0 Å². The summed E-state index contributed by atoms with van der Waals surface area (Å²) in [6.07, 6.45) is 0. The molecule has 0 spiro atoms. The van der Waals surface area contributed by atoms with Gasteiger partial charge in [-0.2, -0.15) is 0 Å². The number of hydrogen-bond donors (Lipinski definition) is 0. The Kier molecular flexibility index (Phi) is 2.09. The predicted molar refractivity (Wildman–Crippen MR) is 55.6 cm³/mol. The van der Waals surface area contributed by atoms with Crippen LogP contribution in [0.4, 0.5) is 5.69 Å². The van der Waals surface area contributed by atoms with Crippen LogP contribution in [-0.4, -0.2) is 4.92 Å². The Bertz CT molecular complexity index is 505. The molecule has 0 bridgehead atoms. The first-order valence-corrected chi connectivity index (χ1v) is 4.39. The number of non-ortho nitro benzene ring substituents is 1. The highest BCUT2D eigenvalue weighted by atomic mass is 35.5. The number of rotatable bonds is 1. The molecule has 2 aromatic rings. The SMILES string of the molecule is O=[N+]([O-])c1cccc2cccc(Cl)c12. The zero-order valence-corrected chi connectivity index (χ0v) is 7.86. The van der Waals surface area contributed by atoms with Crippen LogP contribution in [0.2, 0.25) is 5.02 Å². The lowest BCUT2D eigenvalue weighted by Crippen LogP contribution is -1.89. The average molecular weight is 208 g/mol. The van der Waals surface area contributed by atoms with Crippen molar-refractivity contribution in [1.29, 1.82) is 0 Å². The number of hydrogen-bond acceptors (Lipinski definition) is 2. The number of halogens is 1. The van der Waals surface area contributed by atoms with Gasteiger partial charge in [0, 0.05) is 6.07 Å². The van der Waals surface area contributed by atoms with Gasteiger partial charge >= 0.3 is 0 Å². The number of nitro groups is 1. The Labute approximate surface area is 85.1 Å². The van der Waals surface area contributed by atoms with E-state index >= 15 is 0 Å². The lowest BCUT2D eigenvalue weighted by Gasteiger charge is -2.00. The third-order valence-corrected chi connectivity index (χ3v) is 2.34. The second-order valence-electron chi connectivity index (χ2n) is 2.87. The second kappa shape index (κ2) is 3.27. The van der Waals surface area contributed by atoms with Crippen LogP contribution in [-0.2, 0) is 0 Å². The van der Waals surface area contributed by atoms with Crippen molar-refractivity contribution in [1.82, 2.24) is 0 Å². The average Bonchev–Trinajstić information content (AvgIpc) is 2.17.